The molecule has 0 aliphatic heterocycles. The van der Waals surface area contributed by atoms with Gasteiger partial charge in [0.15, 0.2) is 0 Å². The Morgan fingerprint density at radius 1 is 1.31 bits per heavy atom. The molecule has 0 atom stereocenters. The van der Waals surface area contributed by atoms with Crippen molar-refractivity contribution in [3.05, 3.63) is 0 Å². The molecule has 9 heteroatoms. The van der Waals surface area contributed by atoms with Gasteiger partial charge in [-0.15, -0.1) is 0 Å². The van der Waals surface area contributed by atoms with Crippen LogP contribution in [0.1, 0.15) is 6.92 Å². The van der Waals surface area contributed by atoms with E-state index >= 15 is 0 Å². The zero-order valence-corrected chi connectivity index (χ0v) is 7.98. The summed E-state index contributed by atoms with van der Waals surface area (Å²) in [5.74, 6) is -8.93. The van der Waals surface area contributed by atoms with E-state index in [9.17, 15) is 31.9 Å². The monoisotopic (exact) mass is 248 g/mol. The maximum atomic E-state index is 12.7. The SMILES string of the molecule is CCOC(=O)C(F)(F)CN=C([O-])C(F)(F)F. The lowest BCUT2D eigenvalue weighted by Crippen LogP contribution is -2.39. The number of carbonyl (C=O) groups excluding carboxylic acids is 1. The third-order valence-electron chi connectivity index (χ3n) is 1.24. The molecule has 94 valence electrons. The third-order valence-corrected chi connectivity index (χ3v) is 1.24. The molecule has 0 amide bonds. The van der Waals surface area contributed by atoms with E-state index in [2.05, 4.69) is 9.73 Å². The Hall–Kier alpha value is -1.41. The van der Waals surface area contributed by atoms with Crippen LogP contribution in [0.4, 0.5) is 22.0 Å². The highest BCUT2D eigenvalue weighted by molar-refractivity contribution is 5.80. The second-order valence-corrected chi connectivity index (χ2v) is 2.54. The zero-order chi connectivity index (χ0) is 13.0. The molecule has 0 aromatic heterocycles. The van der Waals surface area contributed by atoms with Crippen LogP contribution in [0.25, 0.3) is 0 Å². The van der Waals surface area contributed by atoms with Crippen LogP contribution < -0.4 is 5.11 Å². The number of hydrogen-bond acceptors (Lipinski definition) is 4. The number of carbonyl (C=O) groups is 1. The quantitative estimate of drug-likeness (QED) is 0.315. The van der Waals surface area contributed by atoms with Crippen molar-refractivity contribution in [1.29, 1.82) is 0 Å². The largest absolute Gasteiger partial charge is 0.856 e. The van der Waals surface area contributed by atoms with Crippen LogP contribution in [0, 0.1) is 0 Å². The average Bonchev–Trinajstić information content (AvgIpc) is 2.13. The van der Waals surface area contributed by atoms with E-state index in [1.807, 2.05) is 0 Å². The second-order valence-electron chi connectivity index (χ2n) is 2.54. The van der Waals surface area contributed by atoms with Gasteiger partial charge in [-0.3, -0.25) is 4.99 Å². The summed E-state index contributed by atoms with van der Waals surface area (Å²) in [5, 5.41) is 10.1. The maximum absolute atomic E-state index is 12.7. The molecule has 0 N–H and O–H groups in total. The van der Waals surface area contributed by atoms with Crippen molar-refractivity contribution in [2.24, 2.45) is 4.99 Å². The second kappa shape index (κ2) is 5.08. The molecule has 0 radical (unpaired) electrons. The minimum Gasteiger partial charge on any atom is -0.856 e. The molecule has 0 saturated carbocycles. The summed E-state index contributed by atoms with van der Waals surface area (Å²) in [6, 6.07) is 0. The summed E-state index contributed by atoms with van der Waals surface area (Å²) in [6.07, 6.45) is -5.33. The van der Waals surface area contributed by atoms with Crippen LogP contribution in [-0.4, -0.2) is 37.1 Å². The van der Waals surface area contributed by atoms with Gasteiger partial charge in [-0.1, -0.05) is 0 Å². The molecular formula is C7H7F5NO3-. The molecule has 0 aromatic rings. The first-order valence-corrected chi connectivity index (χ1v) is 3.95. The fourth-order valence-electron chi connectivity index (χ4n) is 0.562. The minimum absolute atomic E-state index is 0.359. The van der Waals surface area contributed by atoms with Crippen molar-refractivity contribution in [3.8, 4) is 0 Å². The Morgan fingerprint density at radius 2 is 1.81 bits per heavy atom. The van der Waals surface area contributed by atoms with E-state index in [0.717, 1.165) is 0 Å². The van der Waals surface area contributed by atoms with Gasteiger partial charge in [0.05, 0.1) is 12.5 Å². The normalized spacial score (nSPS) is 13.8. The van der Waals surface area contributed by atoms with Gasteiger partial charge in [0, 0.05) is 0 Å². The summed E-state index contributed by atoms with van der Waals surface area (Å²) in [7, 11) is 0. The highest BCUT2D eigenvalue weighted by atomic mass is 19.4. The molecule has 0 spiro atoms. The number of ether oxygens (including phenoxy) is 1. The van der Waals surface area contributed by atoms with Crippen LogP contribution in [0.2, 0.25) is 0 Å². The van der Waals surface area contributed by atoms with Gasteiger partial charge >= 0.3 is 18.1 Å². The molecule has 0 fully saturated rings. The van der Waals surface area contributed by atoms with Crippen molar-refractivity contribution in [2.45, 2.75) is 19.0 Å². The lowest BCUT2D eigenvalue weighted by Gasteiger charge is -2.16. The molecule has 0 unspecified atom stereocenters. The number of alkyl halides is 5. The number of rotatable bonds is 4. The maximum Gasteiger partial charge on any atom is 0.419 e. The highest BCUT2D eigenvalue weighted by Crippen LogP contribution is 2.18. The van der Waals surface area contributed by atoms with Crippen LogP contribution in [0.15, 0.2) is 4.99 Å². The smallest absolute Gasteiger partial charge is 0.419 e. The first kappa shape index (κ1) is 14.6. The summed E-state index contributed by atoms with van der Waals surface area (Å²) in [5.41, 5.74) is 0. The fourth-order valence-corrected chi connectivity index (χ4v) is 0.562. The Morgan fingerprint density at radius 3 is 2.19 bits per heavy atom. The number of aliphatic imine (C=N–C) groups is 1. The Kier molecular flexibility index (Phi) is 4.63. The number of esters is 1. The molecule has 16 heavy (non-hydrogen) atoms. The molecule has 0 rings (SSSR count). The van der Waals surface area contributed by atoms with Crippen molar-refractivity contribution >= 4 is 11.9 Å². The molecule has 0 heterocycles. The molecule has 0 aromatic carbocycles. The van der Waals surface area contributed by atoms with E-state index < -0.39 is 30.5 Å². The molecule has 0 bridgehead atoms. The van der Waals surface area contributed by atoms with Gasteiger partial charge in [0.25, 0.3) is 0 Å². The average molecular weight is 248 g/mol. The van der Waals surface area contributed by atoms with Crippen LogP contribution in [0.5, 0.6) is 0 Å². The van der Waals surface area contributed by atoms with Gasteiger partial charge in [-0.2, -0.15) is 22.0 Å². The highest BCUT2D eigenvalue weighted by Gasteiger charge is 2.41. The lowest BCUT2D eigenvalue weighted by atomic mass is 10.3. The summed E-state index contributed by atoms with van der Waals surface area (Å²) >= 11 is 0. The van der Waals surface area contributed by atoms with Crippen molar-refractivity contribution in [2.75, 3.05) is 13.2 Å². The number of nitrogens with zero attached hydrogens (tertiary/aromatic N) is 1. The van der Waals surface area contributed by atoms with Gasteiger partial charge < -0.3 is 9.84 Å². The fraction of sp³-hybridized carbons (Fsp3) is 0.714. The summed E-state index contributed by atoms with van der Waals surface area (Å²) < 4.78 is 63.9. The van der Waals surface area contributed by atoms with Crippen molar-refractivity contribution < 1.29 is 36.6 Å². The molecule has 0 saturated heterocycles. The Labute approximate surface area is 86.7 Å². The predicted octanol–water partition coefficient (Wildman–Crippen LogP) is 0.506. The van der Waals surface area contributed by atoms with Gasteiger partial charge in [-0.05, 0) is 6.92 Å². The summed E-state index contributed by atoms with van der Waals surface area (Å²) in [4.78, 5) is 12.6. The molecule has 0 aliphatic rings. The molecule has 4 nitrogen and oxygen atoms in total. The van der Waals surface area contributed by atoms with E-state index in [1.54, 1.807) is 0 Å². The lowest BCUT2D eigenvalue weighted by molar-refractivity contribution is -0.263. The molecule has 0 aliphatic carbocycles. The Balaban J connectivity index is 4.55. The zero-order valence-electron chi connectivity index (χ0n) is 7.98. The summed E-state index contributed by atoms with van der Waals surface area (Å²) in [6.45, 7) is -1.00. The minimum atomic E-state index is -5.33. The van der Waals surface area contributed by atoms with Crippen LogP contribution in [-0.2, 0) is 9.53 Å². The van der Waals surface area contributed by atoms with Crippen LogP contribution >= 0.6 is 0 Å². The van der Waals surface area contributed by atoms with Gasteiger partial charge in [0.1, 0.15) is 6.54 Å². The van der Waals surface area contributed by atoms with E-state index in [1.165, 1.54) is 6.92 Å². The Bertz CT molecular complexity index is 286. The van der Waals surface area contributed by atoms with Gasteiger partial charge in [-0.25, -0.2) is 4.79 Å². The third kappa shape index (κ3) is 4.41. The van der Waals surface area contributed by atoms with Crippen molar-refractivity contribution in [3.63, 3.8) is 0 Å². The van der Waals surface area contributed by atoms with E-state index in [0.29, 0.717) is 0 Å². The van der Waals surface area contributed by atoms with Crippen molar-refractivity contribution in [1.82, 2.24) is 0 Å². The molecular weight excluding hydrogens is 241 g/mol. The predicted molar refractivity (Wildman–Crippen MR) is 39.9 cm³/mol. The standard InChI is InChI=1S/C7H8F5NO3/c1-2-16-5(15)6(8,9)3-13-4(14)7(10,11)12/h2-3H2,1H3,(H,13,14)/p-1. The van der Waals surface area contributed by atoms with Crippen LogP contribution in [0.3, 0.4) is 0 Å². The number of hydrogen-bond donors (Lipinski definition) is 0. The topological polar surface area (TPSA) is 61.7 Å². The first-order valence-electron chi connectivity index (χ1n) is 3.95. The van der Waals surface area contributed by atoms with E-state index in [-0.39, 0.29) is 6.61 Å². The van der Waals surface area contributed by atoms with Gasteiger partial charge in [0.2, 0.25) is 0 Å². The van der Waals surface area contributed by atoms with E-state index in [4.69, 9.17) is 0 Å². The number of halogens is 5. The first-order chi connectivity index (χ1) is 7.11.